The van der Waals surface area contributed by atoms with Crippen molar-refractivity contribution < 1.29 is 20.1 Å². The largest absolute Gasteiger partial charge is 3.00 e. The van der Waals surface area contributed by atoms with Crippen LogP contribution in [0.5, 0.6) is 0 Å². The summed E-state index contributed by atoms with van der Waals surface area (Å²) in [5.41, 5.74) is 19.7. The molecule has 0 fully saturated rings. The Morgan fingerprint density at radius 1 is 0.364 bits per heavy atom. The second kappa shape index (κ2) is 17.4. The van der Waals surface area contributed by atoms with Crippen LogP contribution in [-0.2, 0) is 20.1 Å². The minimum atomic E-state index is 0. The number of fused-ring (bicyclic) bond motifs is 6. The van der Waals surface area contributed by atoms with Crippen LogP contribution >= 0.6 is 0 Å². The van der Waals surface area contributed by atoms with Crippen molar-refractivity contribution >= 4 is 27.5 Å². The molecule has 5 heterocycles. The van der Waals surface area contributed by atoms with Gasteiger partial charge >= 0.3 is 20.1 Å². The quantitative estimate of drug-likeness (QED) is 0.112. The summed E-state index contributed by atoms with van der Waals surface area (Å²) in [6, 6.07) is 76.7. The average molecular weight is 1020 g/mol. The topological polar surface area (TPSA) is 56.0 Å². The maximum atomic E-state index is 4.81. The molecule has 0 bridgehead atoms. The van der Waals surface area contributed by atoms with Crippen LogP contribution in [0, 0.1) is 18.2 Å². The van der Waals surface area contributed by atoms with Crippen LogP contribution in [-0.4, -0.2) is 24.3 Å². The minimum absolute atomic E-state index is 0. The van der Waals surface area contributed by atoms with Crippen LogP contribution in [0.4, 0.5) is 0 Å². The van der Waals surface area contributed by atoms with Gasteiger partial charge in [-0.3, -0.25) is 0 Å². The Hall–Kier alpha value is -8.15. The molecule has 7 aromatic carbocycles. The second-order valence-electron chi connectivity index (χ2n) is 16.0. The molecule has 5 nitrogen and oxygen atoms in total. The van der Waals surface area contributed by atoms with E-state index in [9.17, 15) is 0 Å². The fraction of sp³-hybridized carbons (Fsp3) is 0. The van der Waals surface area contributed by atoms with Gasteiger partial charge in [-0.1, -0.05) is 136 Å². The fourth-order valence-corrected chi connectivity index (χ4v) is 9.11. The zero-order valence-corrected chi connectivity index (χ0v) is 37.7. The van der Waals surface area contributed by atoms with Gasteiger partial charge in [0, 0.05) is 42.0 Å². The molecule has 0 saturated heterocycles. The van der Waals surface area contributed by atoms with E-state index in [1.807, 2.05) is 73.4 Å². The van der Waals surface area contributed by atoms with Gasteiger partial charge in [-0.15, -0.1) is 83.2 Å². The summed E-state index contributed by atoms with van der Waals surface area (Å²) in [5.74, 6) is 0. The van der Waals surface area contributed by atoms with Crippen molar-refractivity contribution in [2.24, 2.45) is 0 Å². The molecule has 0 spiro atoms. The third-order valence-electron chi connectivity index (χ3n) is 12.2. The van der Waals surface area contributed by atoms with E-state index in [0.717, 1.165) is 117 Å². The number of nitrogens with zero attached hydrogens (tertiary/aromatic N) is 5. The molecule has 0 amide bonds. The van der Waals surface area contributed by atoms with Gasteiger partial charge in [-0.25, -0.2) is 4.98 Å². The van der Waals surface area contributed by atoms with E-state index in [4.69, 9.17) is 9.97 Å². The maximum Gasteiger partial charge on any atom is 3.00 e. The van der Waals surface area contributed by atoms with Crippen molar-refractivity contribution in [2.75, 3.05) is 0 Å². The van der Waals surface area contributed by atoms with E-state index >= 15 is 0 Å². The molecular formula is C60H36IrN5. The Balaban J connectivity index is 0.00000481. The first-order chi connectivity index (χ1) is 32.2. The Kier molecular flexibility index (Phi) is 10.7. The molecule has 0 aliphatic heterocycles. The first kappa shape index (κ1) is 40.6. The summed E-state index contributed by atoms with van der Waals surface area (Å²) < 4.78 is 2.12. The normalized spacial score (nSPS) is 11.2. The average Bonchev–Trinajstić information content (AvgIpc) is 3.90. The third kappa shape index (κ3) is 7.38. The number of rotatable bonds is 8. The van der Waals surface area contributed by atoms with Gasteiger partial charge < -0.3 is 19.4 Å². The summed E-state index contributed by atoms with van der Waals surface area (Å²) >= 11 is 0. The van der Waals surface area contributed by atoms with E-state index in [2.05, 4.69) is 178 Å². The predicted molar refractivity (Wildman–Crippen MR) is 264 cm³/mol. The molecule has 66 heavy (non-hydrogen) atoms. The molecule has 12 rings (SSSR count). The maximum absolute atomic E-state index is 4.81. The molecule has 0 aliphatic carbocycles. The molecule has 0 saturated carbocycles. The molecule has 12 aromatic rings. The van der Waals surface area contributed by atoms with E-state index in [0.29, 0.717) is 0 Å². The van der Waals surface area contributed by atoms with Crippen molar-refractivity contribution in [3.8, 4) is 89.3 Å². The van der Waals surface area contributed by atoms with Gasteiger partial charge in [0.25, 0.3) is 0 Å². The molecule has 6 heteroatoms. The van der Waals surface area contributed by atoms with Crippen molar-refractivity contribution in [3.05, 3.63) is 237 Å². The van der Waals surface area contributed by atoms with Gasteiger partial charge in [0.05, 0.1) is 0 Å². The fourth-order valence-electron chi connectivity index (χ4n) is 9.11. The van der Waals surface area contributed by atoms with Crippen molar-refractivity contribution in [1.82, 2.24) is 24.3 Å². The van der Waals surface area contributed by atoms with Crippen LogP contribution in [0.1, 0.15) is 0 Å². The zero-order valence-electron chi connectivity index (χ0n) is 35.4. The summed E-state index contributed by atoms with van der Waals surface area (Å²) in [4.78, 5) is 18.7. The molecule has 0 radical (unpaired) electrons. The first-order valence-corrected chi connectivity index (χ1v) is 21.6. The summed E-state index contributed by atoms with van der Waals surface area (Å²) in [6.07, 6.45) is 9.33. The number of aromatic nitrogens is 5. The van der Waals surface area contributed by atoms with Crippen molar-refractivity contribution in [3.63, 3.8) is 0 Å². The number of imidazole rings is 1. The van der Waals surface area contributed by atoms with Gasteiger partial charge in [-0.05, 0) is 87.2 Å². The molecule has 0 atom stereocenters. The monoisotopic (exact) mass is 1020 g/mol. The van der Waals surface area contributed by atoms with E-state index < -0.39 is 0 Å². The number of hydrogen-bond donors (Lipinski definition) is 0. The van der Waals surface area contributed by atoms with E-state index in [1.54, 1.807) is 0 Å². The summed E-state index contributed by atoms with van der Waals surface area (Å²) in [6.45, 7) is 0. The second-order valence-corrected chi connectivity index (χ2v) is 16.0. The number of hydrogen-bond acceptors (Lipinski definition) is 4. The molecule has 0 N–H and O–H groups in total. The molecular weight excluding hydrogens is 983 g/mol. The first-order valence-electron chi connectivity index (χ1n) is 21.6. The van der Waals surface area contributed by atoms with Crippen molar-refractivity contribution in [2.45, 2.75) is 0 Å². The zero-order chi connectivity index (χ0) is 43.1. The van der Waals surface area contributed by atoms with Gasteiger partial charge in [0.15, 0.2) is 0 Å². The Labute approximate surface area is 396 Å². The third-order valence-corrected chi connectivity index (χ3v) is 12.2. The van der Waals surface area contributed by atoms with Crippen LogP contribution in [0.25, 0.3) is 117 Å². The van der Waals surface area contributed by atoms with Gasteiger partial charge in [0.1, 0.15) is 5.65 Å². The summed E-state index contributed by atoms with van der Waals surface area (Å²) in [5, 5.41) is 1.95. The van der Waals surface area contributed by atoms with Gasteiger partial charge in [0.2, 0.25) is 0 Å². The molecule has 0 aliphatic rings. The molecule has 0 unspecified atom stereocenters. The van der Waals surface area contributed by atoms with Crippen LogP contribution in [0.15, 0.2) is 219 Å². The summed E-state index contributed by atoms with van der Waals surface area (Å²) in [7, 11) is 0. The van der Waals surface area contributed by atoms with Crippen LogP contribution in [0.3, 0.4) is 0 Å². The van der Waals surface area contributed by atoms with Gasteiger partial charge in [-0.2, -0.15) is 0 Å². The van der Waals surface area contributed by atoms with Crippen molar-refractivity contribution in [1.29, 1.82) is 0 Å². The van der Waals surface area contributed by atoms with E-state index in [1.165, 1.54) is 0 Å². The number of benzene rings is 7. The van der Waals surface area contributed by atoms with Crippen LogP contribution in [0.2, 0.25) is 0 Å². The predicted octanol–water partition coefficient (Wildman–Crippen LogP) is 14.6. The Morgan fingerprint density at radius 3 is 1.32 bits per heavy atom. The number of pyridine rings is 4. The van der Waals surface area contributed by atoms with E-state index in [-0.39, 0.29) is 20.1 Å². The smallest absolute Gasteiger partial charge is 0.314 e. The SMILES string of the molecule is [Ir+3].[c-]1cc(-c2ccccc2-c2cc(-c3ccccc3-c3c[c-]c(-c4ccccn4)cc3)cc(-c3ccccc3-c3c[c-]c4c(c3)c3nccn3c3cccnc43)c2)ccc1-c1ccccn1. The molecule has 310 valence electrons. The minimum Gasteiger partial charge on any atom is -0.314 e. The Bertz CT molecular complexity index is 3550. The van der Waals surface area contributed by atoms with Crippen LogP contribution < -0.4 is 0 Å². The molecule has 5 aromatic heterocycles. The Morgan fingerprint density at radius 2 is 0.833 bits per heavy atom. The standard InChI is InChI=1S/C60H36N5.Ir/c1-4-15-51(48(12-1)40-21-25-42(26-22-40)56-18-7-9-31-61-56)45-36-46(52-16-5-2-13-49(52)41-23-27-43(28-24-41)57-19-8-10-32-62-57)38-47(37-45)53-17-6-3-14-50(53)44-29-30-54-55(39-44)60-64-34-35-65(60)58-20-11-33-63-59(54)58;/h1-25,27,29,31-39H;/q-3;+3.